The summed E-state index contributed by atoms with van der Waals surface area (Å²) >= 11 is 0. The Bertz CT molecular complexity index is 855. The highest BCUT2D eigenvalue weighted by Crippen LogP contribution is 2.10. The molecule has 0 aromatic carbocycles. The maximum Gasteiger partial charge on any atom is 0.268 e. The maximum atomic E-state index is 12.2. The van der Waals surface area contributed by atoms with Crippen LogP contribution in [0.25, 0.3) is 12.2 Å². The van der Waals surface area contributed by atoms with Gasteiger partial charge in [0.1, 0.15) is 24.2 Å². The summed E-state index contributed by atoms with van der Waals surface area (Å²) < 4.78 is 5.31. The number of furan rings is 1. The van der Waals surface area contributed by atoms with Crippen molar-refractivity contribution in [3.8, 4) is 0 Å². The second-order valence-corrected chi connectivity index (χ2v) is 5.82. The highest BCUT2D eigenvalue weighted by atomic mass is 16.5. The van der Waals surface area contributed by atoms with Gasteiger partial charge in [-0.2, -0.15) is 0 Å². The number of allylic oxidation sites excluding steroid dienone is 2. The minimum Gasteiger partial charge on any atom is -0.459 e. The largest absolute Gasteiger partial charge is 0.459 e. The third-order valence-corrected chi connectivity index (χ3v) is 3.69. The number of hydrogen-bond acceptors (Lipinski definition) is 7. The van der Waals surface area contributed by atoms with Crippen LogP contribution in [0.1, 0.15) is 34.5 Å². The van der Waals surface area contributed by atoms with E-state index >= 15 is 0 Å². The van der Waals surface area contributed by atoms with Gasteiger partial charge in [-0.05, 0) is 43.3 Å². The van der Waals surface area contributed by atoms with Crippen LogP contribution >= 0.6 is 0 Å². The van der Waals surface area contributed by atoms with Crippen LogP contribution in [0, 0.1) is 0 Å². The predicted molar refractivity (Wildman–Crippen MR) is 99.8 cm³/mol. The van der Waals surface area contributed by atoms with Crippen molar-refractivity contribution in [2.24, 2.45) is 0 Å². The summed E-state index contributed by atoms with van der Waals surface area (Å²) in [7, 11) is 0. The number of nitrogens with zero attached hydrogens (tertiary/aromatic N) is 1. The summed E-state index contributed by atoms with van der Waals surface area (Å²) in [5.74, 6) is -0.457. The molecule has 0 radical (unpaired) electrons. The van der Waals surface area contributed by atoms with Gasteiger partial charge in [0.15, 0.2) is 0 Å². The summed E-state index contributed by atoms with van der Waals surface area (Å²) in [6.07, 6.45) is 7.04. The first-order valence-corrected chi connectivity index (χ1v) is 8.38. The Hall–Kier alpha value is -3.27. The summed E-state index contributed by atoms with van der Waals surface area (Å²) in [5, 5.41) is 29.5. The average molecular weight is 387 g/mol. The molecule has 0 aliphatic rings. The number of nitrogens with one attached hydrogen (secondary N) is 2. The number of carbonyl (C=O) groups is 2. The highest BCUT2D eigenvalue weighted by molar-refractivity contribution is 5.97. The fourth-order valence-electron chi connectivity index (χ4n) is 2.21. The van der Waals surface area contributed by atoms with E-state index in [9.17, 15) is 14.7 Å². The Morgan fingerprint density at radius 2 is 1.96 bits per heavy atom. The lowest BCUT2D eigenvalue weighted by molar-refractivity contribution is -0.133. The van der Waals surface area contributed by atoms with Gasteiger partial charge < -0.3 is 19.9 Å². The van der Waals surface area contributed by atoms with Gasteiger partial charge in [-0.15, -0.1) is 0 Å². The lowest BCUT2D eigenvalue weighted by Crippen LogP contribution is -2.51. The smallest absolute Gasteiger partial charge is 0.268 e. The van der Waals surface area contributed by atoms with Crippen molar-refractivity contribution >= 4 is 24.0 Å². The van der Waals surface area contributed by atoms with Crippen molar-refractivity contribution in [2.45, 2.75) is 25.7 Å². The molecule has 0 bridgehead atoms. The molecule has 148 valence electrons. The molecule has 0 saturated carbocycles. The van der Waals surface area contributed by atoms with Crippen LogP contribution in [0.4, 0.5) is 0 Å². The molecule has 2 rings (SSSR count). The van der Waals surface area contributed by atoms with E-state index in [1.807, 2.05) is 0 Å². The van der Waals surface area contributed by atoms with E-state index in [0.717, 1.165) is 0 Å². The first-order chi connectivity index (χ1) is 13.4. The Labute approximate surface area is 161 Å². The SMILES string of the molecule is C[C@@H](O)C(NC(=O)c1ccc(/C=C/C=C/c2ccc(CO)o2)nc1)C(=O)NO. The Morgan fingerprint density at radius 3 is 2.54 bits per heavy atom. The first-order valence-electron chi connectivity index (χ1n) is 8.38. The van der Waals surface area contributed by atoms with E-state index in [1.54, 1.807) is 42.5 Å². The van der Waals surface area contributed by atoms with Gasteiger partial charge in [0, 0.05) is 6.20 Å². The summed E-state index contributed by atoms with van der Waals surface area (Å²) in [6, 6.07) is 5.25. The summed E-state index contributed by atoms with van der Waals surface area (Å²) in [4.78, 5) is 27.7. The van der Waals surface area contributed by atoms with Gasteiger partial charge in [-0.25, -0.2) is 5.48 Å². The number of hydroxylamine groups is 1. The monoisotopic (exact) mass is 387 g/mol. The molecule has 28 heavy (non-hydrogen) atoms. The Morgan fingerprint density at radius 1 is 1.21 bits per heavy atom. The molecule has 0 spiro atoms. The van der Waals surface area contributed by atoms with Gasteiger partial charge in [-0.3, -0.25) is 19.8 Å². The molecular formula is C19H21N3O6. The molecule has 0 aliphatic heterocycles. The van der Waals surface area contributed by atoms with Crippen molar-refractivity contribution in [1.29, 1.82) is 0 Å². The Balaban J connectivity index is 1.96. The maximum absolute atomic E-state index is 12.2. The number of rotatable bonds is 8. The molecule has 2 heterocycles. The molecule has 1 unspecified atom stereocenters. The topological polar surface area (TPSA) is 145 Å². The number of amides is 2. The quantitative estimate of drug-likeness (QED) is 0.257. The van der Waals surface area contributed by atoms with Crippen LogP contribution in [0.2, 0.25) is 0 Å². The molecule has 2 amide bonds. The third-order valence-electron chi connectivity index (χ3n) is 3.69. The molecular weight excluding hydrogens is 366 g/mol. The number of pyridine rings is 1. The molecule has 9 heteroatoms. The number of aromatic nitrogens is 1. The first kappa shape index (κ1) is 21.0. The van der Waals surface area contributed by atoms with Gasteiger partial charge in [0.25, 0.3) is 11.8 Å². The van der Waals surface area contributed by atoms with E-state index in [0.29, 0.717) is 17.2 Å². The van der Waals surface area contributed by atoms with Crippen molar-refractivity contribution in [3.05, 3.63) is 65.4 Å². The molecule has 5 N–H and O–H groups in total. The minimum atomic E-state index is -1.30. The molecule has 0 aliphatic carbocycles. The van der Waals surface area contributed by atoms with Crippen molar-refractivity contribution < 1.29 is 29.4 Å². The summed E-state index contributed by atoms with van der Waals surface area (Å²) in [5.41, 5.74) is 2.18. The second-order valence-electron chi connectivity index (χ2n) is 5.82. The number of aliphatic hydroxyl groups excluding tert-OH is 2. The van der Waals surface area contributed by atoms with Crippen LogP contribution in [0.3, 0.4) is 0 Å². The van der Waals surface area contributed by atoms with Gasteiger partial charge in [-0.1, -0.05) is 12.2 Å². The molecule has 2 aromatic rings. The van der Waals surface area contributed by atoms with Crippen LogP contribution in [0.15, 0.2) is 47.0 Å². The summed E-state index contributed by atoms with van der Waals surface area (Å²) in [6.45, 7) is 1.16. The zero-order valence-corrected chi connectivity index (χ0v) is 15.1. The minimum absolute atomic E-state index is 0.157. The van der Waals surface area contributed by atoms with Crippen LogP contribution in [-0.2, 0) is 11.4 Å². The zero-order chi connectivity index (χ0) is 20.5. The van der Waals surface area contributed by atoms with E-state index in [1.165, 1.54) is 24.7 Å². The normalized spacial score (nSPS) is 13.6. The lowest BCUT2D eigenvalue weighted by Gasteiger charge is -2.19. The number of hydrogen-bond donors (Lipinski definition) is 5. The van der Waals surface area contributed by atoms with Crippen molar-refractivity contribution in [2.75, 3.05) is 0 Å². The van der Waals surface area contributed by atoms with Crippen LogP contribution in [0.5, 0.6) is 0 Å². The number of aliphatic hydroxyl groups is 2. The predicted octanol–water partition coefficient (Wildman–Crippen LogP) is 0.878. The number of carbonyl (C=O) groups excluding carboxylic acids is 2. The van der Waals surface area contributed by atoms with E-state index in [4.69, 9.17) is 14.7 Å². The highest BCUT2D eigenvalue weighted by Gasteiger charge is 2.25. The van der Waals surface area contributed by atoms with E-state index in [2.05, 4.69) is 10.3 Å². The fourth-order valence-corrected chi connectivity index (χ4v) is 2.21. The van der Waals surface area contributed by atoms with E-state index in [-0.39, 0.29) is 12.2 Å². The molecule has 9 nitrogen and oxygen atoms in total. The Kier molecular flexibility index (Phi) is 7.64. The van der Waals surface area contributed by atoms with Gasteiger partial charge >= 0.3 is 0 Å². The molecule has 2 atom stereocenters. The zero-order valence-electron chi connectivity index (χ0n) is 15.1. The van der Waals surface area contributed by atoms with Crippen LogP contribution in [-0.4, -0.2) is 44.4 Å². The standard InChI is InChI=1S/C19H21N3O6/c1-12(24)17(19(26)22-27)21-18(25)13-6-7-14(20-10-13)4-2-3-5-15-8-9-16(11-23)28-15/h2-10,12,17,23-24,27H,11H2,1H3,(H,21,25)(H,22,26)/b4-2+,5-3+/t12-,17?/m1/s1. The second kappa shape index (κ2) is 10.2. The average Bonchev–Trinajstić information content (AvgIpc) is 3.17. The molecule has 0 saturated heterocycles. The molecule has 2 aromatic heterocycles. The molecule has 0 fully saturated rings. The van der Waals surface area contributed by atoms with E-state index < -0.39 is 24.0 Å². The lowest BCUT2D eigenvalue weighted by atomic mass is 10.1. The van der Waals surface area contributed by atoms with Gasteiger partial charge in [0.05, 0.1) is 17.4 Å². The van der Waals surface area contributed by atoms with Gasteiger partial charge in [0.2, 0.25) is 0 Å². The van der Waals surface area contributed by atoms with Crippen LogP contribution < -0.4 is 10.8 Å². The third kappa shape index (κ3) is 5.88. The van der Waals surface area contributed by atoms with Crippen molar-refractivity contribution in [3.63, 3.8) is 0 Å². The van der Waals surface area contributed by atoms with Crippen molar-refractivity contribution in [1.82, 2.24) is 15.8 Å². The fraction of sp³-hybridized carbons (Fsp3) is 0.211.